The number of amides is 2. The van der Waals surface area contributed by atoms with Crippen LogP contribution in [0.1, 0.15) is 29.1 Å². The van der Waals surface area contributed by atoms with Crippen molar-refractivity contribution in [1.29, 1.82) is 0 Å². The molecule has 0 aliphatic carbocycles. The van der Waals surface area contributed by atoms with Gasteiger partial charge in [-0.2, -0.15) is 0 Å². The second-order valence-electron chi connectivity index (χ2n) is 5.88. The van der Waals surface area contributed by atoms with Crippen LogP contribution >= 0.6 is 0 Å². The van der Waals surface area contributed by atoms with Gasteiger partial charge in [0.05, 0.1) is 22.8 Å². The molecule has 0 unspecified atom stereocenters. The number of benzene rings is 2. The number of aromatic nitrogens is 2. The number of para-hydroxylation sites is 2. The summed E-state index contributed by atoms with van der Waals surface area (Å²) >= 11 is 0. The van der Waals surface area contributed by atoms with Crippen molar-refractivity contribution < 1.29 is 14.3 Å². The Bertz CT molecular complexity index is 946. The first-order valence-electron chi connectivity index (χ1n) is 7.92. The molecular weight excluding hydrogens is 320 g/mol. The number of nitrogens with one attached hydrogen (secondary N) is 3. The number of hydrogen-bond donors (Lipinski definition) is 3. The normalized spacial score (nSPS) is 14.4. The Morgan fingerprint density at radius 1 is 1.28 bits per heavy atom. The predicted molar refractivity (Wildman–Crippen MR) is 92.5 cm³/mol. The third kappa shape index (κ3) is 2.91. The molecule has 0 saturated heterocycles. The SMILES string of the molecule is C[C@H](NC(=O)c1ccc2c(c1)NC(=O)CO2)c1nc2ccccc2[nH]1. The van der Waals surface area contributed by atoms with Crippen LogP contribution in [0.4, 0.5) is 5.69 Å². The second-order valence-corrected chi connectivity index (χ2v) is 5.88. The van der Waals surface area contributed by atoms with Crippen LogP contribution in [0.5, 0.6) is 5.75 Å². The number of rotatable bonds is 3. The van der Waals surface area contributed by atoms with Gasteiger partial charge in [-0.25, -0.2) is 4.98 Å². The zero-order valence-corrected chi connectivity index (χ0v) is 13.5. The Kier molecular flexibility index (Phi) is 3.61. The molecular formula is C18H16N4O3. The molecule has 3 N–H and O–H groups in total. The first-order valence-corrected chi connectivity index (χ1v) is 7.92. The monoisotopic (exact) mass is 336 g/mol. The van der Waals surface area contributed by atoms with Crippen molar-refractivity contribution in [2.45, 2.75) is 13.0 Å². The van der Waals surface area contributed by atoms with Gasteiger partial charge in [0.25, 0.3) is 11.8 Å². The number of imidazole rings is 1. The smallest absolute Gasteiger partial charge is 0.262 e. The van der Waals surface area contributed by atoms with Gasteiger partial charge in [0.2, 0.25) is 0 Å². The minimum absolute atomic E-state index is 0.0123. The molecule has 0 spiro atoms. The molecule has 0 fully saturated rings. The van der Waals surface area contributed by atoms with Crippen LogP contribution < -0.4 is 15.4 Å². The minimum Gasteiger partial charge on any atom is -0.482 e. The van der Waals surface area contributed by atoms with Gasteiger partial charge in [-0.15, -0.1) is 0 Å². The van der Waals surface area contributed by atoms with Crippen molar-refractivity contribution in [2.24, 2.45) is 0 Å². The van der Waals surface area contributed by atoms with Gasteiger partial charge in [0.1, 0.15) is 11.6 Å². The summed E-state index contributed by atoms with van der Waals surface area (Å²) in [5.41, 5.74) is 2.72. The number of carbonyl (C=O) groups is 2. The third-order valence-corrected chi connectivity index (χ3v) is 4.04. The number of anilines is 1. The van der Waals surface area contributed by atoms with Crippen LogP contribution in [0.15, 0.2) is 42.5 Å². The molecule has 0 bridgehead atoms. The maximum atomic E-state index is 12.5. The van der Waals surface area contributed by atoms with E-state index in [0.29, 0.717) is 22.8 Å². The van der Waals surface area contributed by atoms with E-state index in [4.69, 9.17) is 4.74 Å². The van der Waals surface area contributed by atoms with E-state index in [0.717, 1.165) is 11.0 Å². The molecule has 1 aromatic heterocycles. The van der Waals surface area contributed by atoms with Gasteiger partial charge >= 0.3 is 0 Å². The topological polar surface area (TPSA) is 96.1 Å². The number of ether oxygens (including phenoxy) is 1. The van der Waals surface area contributed by atoms with Crippen molar-refractivity contribution in [3.63, 3.8) is 0 Å². The van der Waals surface area contributed by atoms with Crippen LogP contribution in [0.2, 0.25) is 0 Å². The lowest BCUT2D eigenvalue weighted by atomic mass is 10.1. The van der Waals surface area contributed by atoms with Crippen molar-refractivity contribution in [3.05, 3.63) is 53.9 Å². The molecule has 2 aromatic carbocycles. The molecule has 1 aliphatic rings. The third-order valence-electron chi connectivity index (χ3n) is 4.04. The van der Waals surface area contributed by atoms with Gasteiger partial charge in [-0.3, -0.25) is 9.59 Å². The molecule has 2 amide bonds. The fraction of sp³-hybridized carbons (Fsp3) is 0.167. The summed E-state index contributed by atoms with van der Waals surface area (Å²) in [6.45, 7) is 1.85. The summed E-state index contributed by atoms with van der Waals surface area (Å²) < 4.78 is 5.30. The Morgan fingerprint density at radius 2 is 2.12 bits per heavy atom. The molecule has 4 rings (SSSR count). The molecule has 2 heterocycles. The zero-order valence-electron chi connectivity index (χ0n) is 13.5. The number of nitrogens with zero attached hydrogens (tertiary/aromatic N) is 1. The number of carbonyl (C=O) groups excluding carboxylic acids is 2. The minimum atomic E-state index is -0.290. The largest absolute Gasteiger partial charge is 0.482 e. The molecule has 1 aliphatic heterocycles. The zero-order chi connectivity index (χ0) is 17.4. The molecule has 126 valence electrons. The maximum absolute atomic E-state index is 12.5. The average Bonchev–Trinajstić information content (AvgIpc) is 3.05. The highest BCUT2D eigenvalue weighted by Crippen LogP contribution is 2.28. The quantitative estimate of drug-likeness (QED) is 0.684. The first kappa shape index (κ1) is 15.2. The number of hydrogen-bond acceptors (Lipinski definition) is 4. The highest BCUT2D eigenvalue weighted by molar-refractivity contribution is 6.00. The Morgan fingerprint density at radius 3 is 2.96 bits per heavy atom. The van der Waals surface area contributed by atoms with Gasteiger partial charge in [0, 0.05) is 5.56 Å². The Labute approximate surface area is 143 Å². The highest BCUT2D eigenvalue weighted by Gasteiger charge is 2.19. The second kappa shape index (κ2) is 5.94. The molecule has 7 nitrogen and oxygen atoms in total. The molecule has 3 aromatic rings. The van der Waals surface area contributed by atoms with E-state index in [1.54, 1.807) is 18.2 Å². The van der Waals surface area contributed by atoms with E-state index in [2.05, 4.69) is 20.6 Å². The average molecular weight is 336 g/mol. The van der Waals surface area contributed by atoms with Crippen molar-refractivity contribution >= 4 is 28.5 Å². The summed E-state index contributed by atoms with van der Waals surface area (Å²) in [6, 6.07) is 12.3. The van der Waals surface area contributed by atoms with Crippen molar-refractivity contribution in [2.75, 3.05) is 11.9 Å². The van der Waals surface area contributed by atoms with Crippen LogP contribution in [-0.2, 0) is 4.79 Å². The van der Waals surface area contributed by atoms with E-state index >= 15 is 0 Å². The summed E-state index contributed by atoms with van der Waals surface area (Å²) in [7, 11) is 0. The fourth-order valence-corrected chi connectivity index (χ4v) is 2.75. The van der Waals surface area contributed by atoms with Gasteiger partial charge in [-0.1, -0.05) is 12.1 Å². The molecule has 0 radical (unpaired) electrons. The molecule has 1 atom stereocenters. The number of aromatic amines is 1. The van der Waals surface area contributed by atoms with E-state index in [9.17, 15) is 9.59 Å². The van der Waals surface area contributed by atoms with Crippen LogP contribution in [0.25, 0.3) is 11.0 Å². The standard InChI is InChI=1S/C18H16N4O3/c1-10(17-21-12-4-2-3-5-13(12)22-17)19-18(24)11-6-7-15-14(8-11)20-16(23)9-25-15/h2-8,10H,9H2,1H3,(H,19,24)(H,20,23)(H,21,22)/t10-/m0/s1. The van der Waals surface area contributed by atoms with E-state index < -0.39 is 0 Å². The molecule has 25 heavy (non-hydrogen) atoms. The Balaban J connectivity index is 1.53. The molecule has 0 saturated carbocycles. The van der Waals surface area contributed by atoms with Crippen LogP contribution in [0.3, 0.4) is 0 Å². The van der Waals surface area contributed by atoms with Crippen molar-refractivity contribution in [1.82, 2.24) is 15.3 Å². The van der Waals surface area contributed by atoms with Gasteiger partial charge in [-0.05, 0) is 37.3 Å². The summed E-state index contributed by atoms with van der Waals surface area (Å²) in [5.74, 6) is 0.752. The highest BCUT2D eigenvalue weighted by atomic mass is 16.5. The Hall–Kier alpha value is -3.35. The lowest BCUT2D eigenvalue weighted by Gasteiger charge is -2.19. The van der Waals surface area contributed by atoms with Crippen molar-refractivity contribution in [3.8, 4) is 5.75 Å². The number of H-pyrrole nitrogens is 1. The van der Waals surface area contributed by atoms with Gasteiger partial charge in [0.15, 0.2) is 6.61 Å². The summed E-state index contributed by atoms with van der Waals surface area (Å²) in [4.78, 5) is 31.6. The van der Waals surface area contributed by atoms with E-state index in [-0.39, 0.29) is 24.5 Å². The van der Waals surface area contributed by atoms with Gasteiger partial charge < -0.3 is 20.4 Å². The van der Waals surface area contributed by atoms with Crippen LogP contribution in [-0.4, -0.2) is 28.4 Å². The van der Waals surface area contributed by atoms with Crippen LogP contribution in [0, 0.1) is 0 Å². The maximum Gasteiger partial charge on any atom is 0.262 e. The van der Waals surface area contributed by atoms with E-state index in [1.807, 2.05) is 31.2 Å². The summed E-state index contributed by atoms with van der Waals surface area (Å²) in [6.07, 6.45) is 0. The predicted octanol–water partition coefficient (Wildman–Crippen LogP) is 2.38. The lowest BCUT2D eigenvalue weighted by molar-refractivity contribution is -0.118. The summed E-state index contributed by atoms with van der Waals surface area (Å²) in [5, 5.41) is 5.60. The lowest BCUT2D eigenvalue weighted by Crippen LogP contribution is -2.28. The number of fused-ring (bicyclic) bond motifs is 2. The fourth-order valence-electron chi connectivity index (χ4n) is 2.75. The molecule has 7 heteroatoms. The van der Waals surface area contributed by atoms with E-state index in [1.165, 1.54) is 0 Å². The first-order chi connectivity index (χ1) is 12.1.